The Bertz CT molecular complexity index is 674. The fourth-order valence-electron chi connectivity index (χ4n) is 2.15. The monoisotopic (exact) mass is 348 g/mol. The Morgan fingerprint density at radius 3 is 2.50 bits per heavy atom. The Balaban J connectivity index is 1.79. The zero-order chi connectivity index (χ0) is 17.4. The van der Waals surface area contributed by atoms with Crippen molar-refractivity contribution in [2.45, 2.75) is 13.0 Å². The molecular formula is C18H21ClN2O3. The molecule has 0 aliphatic heterocycles. The Labute approximate surface area is 146 Å². The van der Waals surface area contributed by atoms with Gasteiger partial charge < -0.3 is 20.1 Å². The van der Waals surface area contributed by atoms with Gasteiger partial charge in [-0.3, -0.25) is 4.79 Å². The molecule has 0 atom stereocenters. The maximum atomic E-state index is 11.9. The summed E-state index contributed by atoms with van der Waals surface area (Å²) in [5.74, 6) is 1.40. The summed E-state index contributed by atoms with van der Waals surface area (Å²) in [6.45, 7) is 0.981. The zero-order valence-electron chi connectivity index (χ0n) is 13.8. The van der Waals surface area contributed by atoms with E-state index in [0.717, 1.165) is 17.0 Å². The van der Waals surface area contributed by atoms with E-state index in [-0.39, 0.29) is 5.91 Å². The number of carbonyl (C=O) groups is 1. The minimum Gasteiger partial charge on any atom is -0.497 e. The van der Waals surface area contributed by atoms with Crippen molar-refractivity contribution >= 4 is 23.2 Å². The molecule has 0 spiro atoms. The SMILES string of the molecule is COc1ccc(OC)c(NCCC(=O)NCc2ccc(Cl)cc2)c1. The number of hydrogen-bond donors (Lipinski definition) is 2. The summed E-state index contributed by atoms with van der Waals surface area (Å²) in [5, 5.41) is 6.75. The van der Waals surface area contributed by atoms with E-state index in [2.05, 4.69) is 10.6 Å². The van der Waals surface area contributed by atoms with Gasteiger partial charge in [0.1, 0.15) is 11.5 Å². The van der Waals surface area contributed by atoms with E-state index >= 15 is 0 Å². The maximum absolute atomic E-state index is 11.9. The van der Waals surface area contributed by atoms with E-state index in [0.29, 0.717) is 30.3 Å². The van der Waals surface area contributed by atoms with Gasteiger partial charge >= 0.3 is 0 Å². The molecule has 24 heavy (non-hydrogen) atoms. The predicted octanol–water partition coefficient (Wildman–Crippen LogP) is 3.48. The standard InChI is InChI=1S/C18H21ClN2O3/c1-23-15-7-8-17(24-2)16(11-15)20-10-9-18(22)21-12-13-3-5-14(19)6-4-13/h3-8,11,20H,9-10,12H2,1-2H3,(H,21,22). The Hall–Kier alpha value is -2.40. The Morgan fingerprint density at radius 1 is 1.08 bits per heavy atom. The van der Waals surface area contributed by atoms with Crippen LogP contribution in [0.3, 0.4) is 0 Å². The van der Waals surface area contributed by atoms with Gasteiger partial charge in [-0.2, -0.15) is 0 Å². The molecule has 2 aromatic carbocycles. The highest BCUT2D eigenvalue weighted by atomic mass is 35.5. The molecular weight excluding hydrogens is 328 g/mol. The number of methoxy groups -OCH3 is 2. The third-order valence-electron chi connectivity index (χ3n) is 3.48. The minimum absolute atomic E-state index is 0.0284. The first-order valence-electron chi connectivity index (χ1n) is 7.59. The highest BCUT2D eigenvalue weighted by molar-refractivity contribution is 6.30. The number of ether oxygens (including phenoxy) is 2. The van der Waals surface area contributed by atoms with Crippen molar-refractivity contribution in [1.29, 1.82) is 0 Å². The van der Waals surface area contributed by atoms with Crippen LogP contribution in [0.25, 0.3) is 0 Å². The highest BCUT2D eigenvalue weighted by Gasteiger charge is 2.06. The zero-order valence-corrected chi connectivity index (χ0v) is 14.5. The quantitative estimate of drug-likeness (QED) is 0.766. The van der Waals surface area contributed by atoms with Crippen molar-refractivity contribution in [1.82, 2.24) is 5.32 Å². The first kappa shape index (κ1) is 17.9. The average molecular weight is 349 g/mol. The first-order chi connectivity index (χ1) is 11.6. The lowest BCUT2D eigenvalue weighted by Gasteiger charge is -2.12. The third kappa shape index (κ3) is 5.35. The van der Waals surface area contributed by atoms with Crippen LogP contribution in [-0.2, 0) is 11.3 Å². The highest BCUT2D eigenvalue weighted by Crippen LogP contribution is 2.28. The summed E-state index contributed by atoms with van der Waals surface area (Å²) in [5.41, 5.74) is 1.80. The van der Waals surface area contributed by atoms with Crippen LogP contribution in [0, 0.1) is 0 Å². The van der Waals surface area contributed by atoms with Gasteiger partial charge in [0.05, 0.1) is 19.9 Å². The second-order valence-corrected chi connectivity index (χ2v) is 5.58. The molecule has 0 aliphatic rings. The van der Waals surface area contributed by atoms with E-state index in [1.807, 2.05) is 30.3 Å². The number of benzene rings is 2. The van der Waals surface area contributed by atoms with E-state index in [1.165, 1.54) is 0 Å². The summed E-state index contributed by atoms with van der Waals surface area (Å²) in [7, 11) is 3.21. The van der Waals surface area contributed by atoms with Crippen LogP contribution in [0.4, 0.5) is 5.69 Å². The number of halogens is 1. The molecule has 6 heteroatoms. The number of hydrogen-bond acceptors (Lipinski definition) is 4. The number of nitrogens with one attached hydrogen (secondary N) is 2. The van der Waals surface area contributed by atoms with Gasteiger partial charge in [0.2, 0.25) is 5.91 Å². The summed E-state index contributed by atoms with van der Waals surface area (Å²) < 4.78 is 10.5. The van der Waals surface area contributed by atoms with Crippen molar-refractivity contribution in [2.24, 2.45) is 0 Å². The van der Waals surface area contributed by atoms with Crippen molar-refractivity contribution in [3.05, 3.63) is 53.1 Å². The molecule has 2 rings (SSSR count). The second-order valence-electron chi connectivity index (χ2n) is 5.15. The lowest BCUT2D eigenvalue weighted by molar-refractivity contribution is -0.121. The summed E-state index contributed by atoms with van der Waals surface area (Å²) >= 11 is 5.83. The largest absolute Gasteiger partial charge is 0.497 e. The number of rotatable bonds is 8. The van der Waals surface area contributed by atoms with Crippen LogP contribution >= 0.6 is 11.6 Å². The van der Waals surface area contributed by atoms with Gasteiger partial charge in [0, 0.05) is 30.6 Å². The van der Waals surface area contributed by atoms with Crippen LogP contribution in [0.15, 0.2) is 42.5 Å². The van der Waals surface area contributed by atoms with Gasteiger partial charge in [-0.15, -0.1) is 0 Å². The van der Waals surface area contributed by atoms with Gasteiger partial charge in [-0.25, -0.2) is 0 Å². The third-order valence-corrected chi connectivity index (χ3v) is 3.73. The molecule has 0 fully saturated rings. The van der Waals surface area contributed by atoms with Crippen LogP contribution in [0.2, 0.25) is 5.02 Å². The number of carbonyl (C=O) groups excluding carboxylic acids is 1. The lowest BCUT2D eigenvalue weighted by atomic mass is 10.2. The fraction of sp³-hybridized carbons (Fsp3) is 0.278. The number of anilines is 1. The van der Waals surface area contributed by atoms with Gasteiger partial charge in [-0.1, -0.05) is 23.7 Å². The maximum Gasteiger partial charge on any atom is 0.222 e. The Kier molecular flexibility index (Phi) is 6.75. The second kappa shape index (κ2) is 9.03. The van der Waals surface area contributed by atoms with Crippen LogP contribution < -0.4 is 20.1 Å². The van der Waals surface area contributed by atoms with Gasteiger partial charge in [-0.05, 0) is 29.8 Å². The average Bonchev–Trinajstić information content (AvgIpc) is 2.61. The minimum atomic E-state index is -0.0284. The van der Waals surface area contributed by atoms with Crippen LogP contribution in [0.1, 0.15) is 12.0 Å². The molecule has 128 valence electrons. The molecule has 0 bridgehead atoms. The van der Waals surface area contributed by atoms with Crippen LogP contribution in [0.5, 0.6) is 11.5 Å². The van der Waals surface area contributed by atoms with E-state index < -0.39 is 0 Å². The molecule has 0 heterocycles. The Morgan fingerprint density at radius 2 is 1.83 bits per heavy atom. The smallest absolute Gasteiger partial charge is 0.222 e. The molecule has 5 nitrogen and oxygen atoms in total. The molecule has 2 N–H and O–H groups in total. The van der Waals surface area contributed by atoms with Crippen LogP contribution in [-0.4, -0.2) is 26.7 Å². The topological polar surface area (TPSA) is 59.6 Å². The van der Waals surface area contributed by atoms with E-state index in [4.69, 9.17) is 21.1 Å². The molecule has 0 saturated heterocycles. The van der Waals surface area contributed by atoms with Crippen molar-refractivity contribution in [3.63, 3.8) is 0 Å². The summed E-state index contributed by atoms with van der Waals surface area (Å²) in [6, 6.07) is 12.9. The van der Waals surface area contributed by atoms with Crippen molar-refractivity contribution in [2.75, 3.05) is 26.1 Å². The van der Waals surface area contributed by atoms with E-state index in [9.17, 15) is 4.79 Å². The number of amides is 1. The molecule has 0 saturated carbocycles. The molecule has 1 amide bonds. The van der Waals surface area contributed by atoms with Crippen molar-refractivity contribution in [3.8, 4) is 11.5 Å². The summed E-state index contributed by atoms with van der Waals surface area (Å²) in [4.78, 5) is 11.9. The fourth-order valence-corrected chi connectivity index (χ4v) is 2.28. The van der Waals surface area contributed by atoms with Gasteiger partial charge in [0.25, 0.3) is 0 Å². The molecule has 0 unspecified atom stereocenters. The molecule has 0 aliphatic carbocycles. The van der Waals surface area contributed by atoms with E-state index in [1.54, 1.807) is 26.4 Å². The molecule has 0 aromatic heterocycles. The molecule has 0 radical (unpaired) electrons. The lowest BCUT2D eigenvalue weighted by Crippen LogP contribution is -2.24. The molecule has 2 aromatic rings. The predicted molar refractivity (Wildman–Crippen MR) is 96.0 cm³/mol. The summed E-state index contributed by atoms with van der Waals surface area (Å²) in [6.07, 6.45) is 0.355. The first-order valence-corrected chi connectivity index (χ1v) is 7.97. The normalized spacial score (nSPS) is 10.1. The van der Waals surface area contributed by atoms with Gasteiger partial charge in [0.15, 0.2) is 0 Å². The van der Waals surface area contributed by atoms with Crippen molar-refractivity contribution < 1.29 is 14.3 Å².